The first-order valence-electron chi connectivity index (χ1n) is 6.19. The van der Waals surface area contributed by atoms with Crippen molar-refractivity contribution in [3.63, 3.8) is 0 Å². The van der Waals surface area contributed by atoms with Crippen molar-refractivity contribution in [1.82, 2.24) is 0 Å². The molecule has 0 aromatic rings. The van der Waals surface area contributed by atoms with Crippen LogP contribution in [0.5, 0.6) is 0 Å². The van der Waals surface area contributed by atoms with E-state index in [-0.39, 0.29) is 16.4 Å². The third-order valence-electron chi connectivity index (χ3n) is 3.57. The standard InChI is InChI=1S/C13H25ClO2/c1-6-13(5)10(14)9-11(13)15-7-8-16-12(2,3)4/h10-11H,6-9H2,1-5H3. The summed E-state index contributed by atoms with van der Waals surface area (Å²) in [5.41, 5.74) is 0.0787. The molecule has 16 heavy (non-hydrogen) atoms. The molecule has 0 bridgehead atoms. The van der Waals surface area contributed by atoms with Gasteiger partial charge in [0.15, 0.2) is 0 Å². The van der Waals surface area contributed by atoms with E-state index in [9.17, 15) is 0 Å². The Balaban J connectivity index is 2.20. The molecule has 1 aliphatic carbocycles. The van der Waals surface area contributed by atoms with Crippen LogP contribution in [0.2, 0.25) is 0 Å². The highest BCUT2D eigenvalue weighted by atomic mass is 35.5. The van der Waals surface area contributed by atoms with Crippen LogP contribution in [0, 0.1) is 5.41 Å². The molecule has 0 amide bonds. The van der Waals surface area contributed by atoms with Gasteiger partial charge in [-0.15, -0.1) is 11.6 Å². The topological polar surface area (TPSA) is 18.5 Å². The van der Waals surface area contributed by atoms with Crippen molar-refractivity contribution in [2.24, 2.45) is 5.41 Å². The molecule has 1 aliphatic rings. The highest BCUT2D eigenvalue weighted by molar-refractivity contribution is 6.21. The molecule has 0 aromatic heterocycles. The first-order chi connectivity index (χ1) is 7.29. The first kappa shape index (κ1) is 14.3. The minimum Gasteiger partial charge on any atom is -0.375 e. The van der Waals surface area contributed by atoms with Gasteiger partial charge < -0.3 is 9.47 Å². The van der Waals surface area contributed by atoms with E-state index in [0.717, 1.165) is 12.8 Å². The predicted octanol–water partition coefficient (Wildman–Crippen LogP) is 3.61. The molecule has 1 rings (SSSR count). The fourth-order valence-corrected chi connectivity index (χ4v) is 2.47. The molecule has 96 valence electrons. The van der Waals surface area contributed by atoms with Gasteiger partial charge in [-0.25, -0.2) is 0 Å². The van der Waals surface area contributed by atoms with Gasteiger partial charge in [0.2, 0.25) is 0 Å². The molecule has 0 saturated heterocycles. The van der Waals surface area contributed by atoms with Gasteiger partial charge in [0, 0.05) is 10.8 Å². The summed E-state index contributed by atoms with van der Waals surface area (Å²) in [7, 11) is 0. The predicted molar refractivity (Wildman–Crippen MR) is 68.1 cm³/mol. The number of ether oxygens (including phenoxy) is 2. The van der Waals surface area contributed by atoms with Gasteiger partial charge >= 0.3 is 0 Å². The monoisotopic (exact) mass is 248 g/mol. The SMILES string of the molecule is CCC1(C)C(Cl)CC1OCCOC(C)(C)C. The van der Waals surface area contributed by atoms with Gasteiger partial charge in [-0.1, -0.05) is 13.8 Å². The van der Waals surface area contributed by atoms with Gasteiger partial charge in [0.25, 0.3) is 0 Å². The highest BCUT2D eigenvalue weighted by Crippen LogP contribution is 2.48. The van der Waals surface area contributed by atoms with E-state index in [1.165, 1.54) is 0 Å². The van der Waals surface area contributed by atoms with Crippen LogP contribution < -0.4 is 0 Å². The Hall–Kier alpha value is 0.210. The number of rotatable bonds is 5. The second-order valence-electron chi connectivity index (χ2n) is 5.88. The van der Waals surface area contributed by atoms with Crippen LogP contribution in [0.25, 0.3) is 0 Å². The molecule has 1 saturated carbocycles. The summed E-state index contributed by atoms with van der Waals surface area (Å²) >= 11 is 6.23. The Morgan fingerprint density at radius 1 is 1.31 bits per heavy atom. The molecule has 0 heterocycles. The molecular formula is C13H25ClO2. The molecule has 3 atom stereocenters. The molecule has 1 fully saturated rings. The number of hydrogen-bond acceptors (Lipinski definition) is 2. The Kier molecular flexibility index (Phi) is 4.67. The van der Waals surface area contributed by atoms with Crippen LogP contribution in [0.15, 0.2) is 0 Å². The second kappa shape index (κ2) is 5.24. The summed E-state index contributed by atoms with van der Waals surface area (Å²) in [6.45, 7) is 11.9. The Morgan fingerprint density at radius 3 is 2.38 bits per heavy atom. The van der Waals surface area contributed by atoms with Gasteiger partial charge in [-0.3, -0.25) is 0 Å². The average Bonchev–Trinajstić information content (AvgIpc) is 2.19. The molecule has 0 spiro atoms. The zero-order valence-corrected chi connectivity index (χ0v) is 11.9. The third kappa shape index (κ3) is 3.35. The lowest BCUT2D eigenvalue weighted by Gasteiger charge is -2.50. The summed E-state index contributed by atoms with van der Waals surface area (Å²) in [5.74, 6) is 0. The van der Waals surface area contributed by atoms with Crippen LogP contribution in [-0.4, -0.2) is 30.3 Å². The number of hydrogen-bond donors (Lipinski definition) is 0. The van der Waals surface area contributed by atoms with E-state index >= 15 is 0 Å². The zero-order valence-electron chi connectivity index (χ0n) is 11.2. The maximum atomic E-state index is 6.23. The van der Waals surface area contributed by atoms with Crippen LogP contribution in [0.4, 0.5) is 0 Å². The first-order valence-corrected chi connectivity index (χ1v) is 6.63. The van der Waals surface area contributed by atoms with Crippen molar-refractivity contribution in [1.29, 1.82) is 0 Å². The Bertz CT molecular complexity index is 224. The van der Waals surface area contributed by atoms with E-state index in [2.05, 4.69) is 34.6 Å². The minimum atomic E-state index is -0.0773. The maximum Gasteiger partial charge on any atom is 0.0707 e. The van der Waals surface area contributed by atoms with Crippen LogP contribution in [0.3, 0.4) is 0 Å². The lowest BCUT2D eigenvalue weighted by atomic mass is 9.65. The fraction of sp³-hybridized carbons (Fsp3) is 1.00. The highest BCUT2D eigenvalue weighted by Gasteiger charge is 2.50. The molecule has 2 nitrogen and oxygen atoms in total. The zero-order chi connectivity index (χ0) is 12.4. The second-order valence-corrected chi connectivity index (χ2v) is 6.41. The van der Waals surface area contributed by atoms with Gasteiger partial charge in [-0.2, -0.15) is 0 Å². The maximum absolute atomic E-state index is 6.23. The Morgan fingerprint density at radius 2 is 1.94 bits per heavy atom. The average molecular weight is 249 g/mol. The van der Waals surface area contributed by atoms with Crippen molar-refractivity contribution < 1.29 is 9.47 Å². The molecule has 0 aliphatic heterocycles. The quantitative estimate of drug-likeness (QED) is 0.547. The van der Waals surface area contributed by atoms with Crippen molar-refractivity contribution in [2.75, 3.05) is 13.2 Å². The van der Waals surface area contributed by atoms with E-state index in [4.69, 9.17) is 21.1 Å². The lowest BCUT2D eigenvalue weighted by molar-refractivity contribution is -0.123. The van der Waals surface area contributed by atoms with Crippen molar-refractivity contribution >= 4 is 11.6 Å². The summed E-state index contributed by atoms with van der Waals surface area (Å²) in [5, 5.41) is 0.269. The van der Waals surface area contributed by atoms with Crippen molar-refractivity contribution in [3.8, 4) is 0 Å². The number of halogens is 1. The van der Waals surface area contributed by atoms with Crippen molar-refractivity contribution in [2.45, 2.75) is 64.5 Å². The van der Waals surface area contributed by atoms with Gasteiger partial charge in [0.05, 0.1) is 24.9 Å². The summed E-state index contributed by atoms with van der Waals surface area (Å²) in [4.78, 5) is 0. The van der Waals surface area contributed by atoms with E-state index in [1.807, 2.05) is 0 Å². The molecular weight excluding hydrogens is 224 g/mol. The molecule has 0 N–H and O–H groups in total. The summed E-state index contributed by atoms with van der Waals surface area (Å²) in [6.07, 6.45) is 2.36. The van der Waals surface area contributed by atoms with E-state index in [0.29, 0.717) is 19.3 Å². The summed E-state index contributed by atoms with van der Waals surface area (Å²) < 4.78 is 11.5. The Labute approximate surface area is 105 Å². The van der Waals surface area contributed by atoms with Crippen LogP contribution in [0.1, 0.15) is 47.5 Å². The van der Waals surface area contributed by atoms with Crippen LogP contribution >= 0.6 is 11.6 Å². The fourth-order valence-electron chi connectivity index (χ4n) is 2.01. The van der Waals surface area contributed by atoms with Gasteiger partial charge in [0.1, 0.15) is 0 Å². The molecule has 0 aromatic carbocycles. The minimum absolute atomic E-state index is 0.0773. The van der Waals surface area contributed by atoms with Crippen molar-refractivity contribution in [3.05, 3.63) is 0 Å². The third-order valence-corrected chi connectivity index (χ3v) is 4.25. The summed E-state index contributed by atoms with van der Waals surface area (Å²) in [6, 6.07) is 0. The van der Waals surface area contributed by atoms with Gasteiger partial charge in [-0.05, 0) is 33.6 Å². The number of alkyl halides is 1. The molecule has 3 unspecified atom stereocenters. The normalized spacial score (nSPS) is 34.9. The largest absolute Gasteiger partial charge is 0.375 e. The van der Waals surface area contributed by atoms with Crippen LogP contribution in [-0.2, 0) is 9.47 Å². The molecule has 3 heteroatoms. The molecule has 0 radical (unpaired) electrons. The smallest absolute Gasteiger partial charge is 0.0707 e. The van der Waals surface area contributed by atoms with E-state index < -0.39 is 0 Å². The lowest BCUT2D eigenvalue weighted by Crippen LogP contribution is -2.53. The van der Waals surface area contributed by atoms with E-state index in [1.54, 1.807) is 0 Å².